The molecule has 0 aromatic heterocycles. The highest BCUT2D eigenvalue weighted by Gasteiger charge is 2.33. The first-order valence-corrected chi connectivity index (χ1v) is 7.82. The van der Waals surface area contributed by atoms with Gasteiger partial charge in [0.25, 0.3) is 0 Å². The van der Waals surface area contributed by atoms with Gasteiger partial charge in [-0.3, -0.25) is 4.79 Å². The SMILES string of the molecule is CC1CCC(CCNC(=O)N(CC(=O)O)C2CC2)CC1. The van der Waals surface area contributed by atoms with Gasteiger partial charge in [0.1, 0.15) is 6.54 Å². The van der Waals surface area contributed by atoms with Gasteiger partial charge in [0.2, 0.25) is 0 Å². The molecule has 0 unspecified atom stereocenters. The molecule has 2 aliphatic rings. The number of nitrogens with zero attached hydrogens (tertiary/aromatic N) is 1. The van der Waals surface area contributed by atoms with E-state index in [9.17, 15) is 9.59 Å². The van der Waals surface area contributed by atoms with E-state index in [2.05, 4.69) is 12.2 Å². The molecule has 0 aromatic carbocycles. The molecule has 114 valence electrons. The lowest BCUT2D eigenvalue weighted by molar-refractivity contribution is -0.137. The molecule has 2 fully saturated rings. The Morgan fingerprint density at radius 1 is 1.15 bits per heavy atom. The number of hydrogen-bond donors (Lipinski definition) is 2. The first kappa shape index (κ1) is 15.1. The average Bonchev–Trinajstić information content (AvgIpc) is 3.22. The van der Waals surface area contributed by atoms with Gasteiger partial charge in [-0.05, 0) is 31.1 Å². The molecule has 0 atom stereocenters. The molecule has 2 amide bonds. The molecule has 0 heterocycles. The van der Waals surface area contributed by atoms with Crippen molar-refractivity contribution in [1.29, 1.82) is 0 Å². The van der Waals surface area contributed by atoms with Crippen molar-refractivity contribution in [3.63, 3.8) is 0 Å². The van der Waals surface area contributed by atoms with Crippen molar-refractivity contribution < 1.29 is 14.7 Å². The fourth-order valence-corrected chi connectivity index (χ4v) is 3.00. The molecule has 0 aromatic rings. The molecular weight excluding hydrogens is 256 g/mol. The number of amides is 2. The van der Waals surface area contributed by atoms with E-state index in [-0.39, 0.29) is 18.6 Å². The van der Waals surface area contributed by atoms with Crippen LogP contribution in [0.15, 0.2) is 0 Å². The minimum atomic E-state index is -0.937. The Hall–Kier alpha value is -1.26. The second-order valence-corrected chi connectivity index (χ2v) is 6.40. The van der Waals surface area contributed by atoms with E-state index in [1.165, 1.54) is 30.6 Å². The topological polar surface area (TPSA) is 69.6 Å². The molecule has 2 saturated carbocycles. The lowest BCUT2D eigenvalue weighted by Gasteiger charge is -2.26. The van der Waals surface area contributed by atoms with E-state index in [1.807, 2.05) is 0 Å². The maximum Gasteiger partial charge on any atom is 0.323 e. The molecule has 5 heteroatoms. The summed E-state index contributed by atoms with van der Waals surface area (Å²) in [5.41, 5.74) is 0. The quantitative estimate of drug-likeness (QED) is 0.786. The number of hydrogen-bond acceptors (Lipinski definition) is 2. The van der Waals surface area contributed by atoms with E-state index < -0.39 is 5.97 Å². The van der Waals surface area contributed by atoms with Crippen LogP contribution in [0.4, 0.5) is 4.79 Å². The van der Waals surface area contributed by atoms with Crippen molar-refractivity contribution in [2.45, 2.75) is 57.9 Å². The van der Waals surface area contributed by atoms with Crippen molar-refractivity contribution in [2.24, 2.45) is 11.8 Å². The van der Waals surface area contributed by atoms with Crippen molar-refractivity contribution >= 4 is 12.0 Å². The zero-order valence-electron chi connectivity index (χ0n) is 12.3. The maximum absolute atomic E-state index is 12.0. The summed E-state index contributed by atoms with van der Waals surface area (Å²) in [7, 11) is 0. The smallest absolute Gasteiger partial charge is 0.323 e. The summed E-state index contributed by atoms with van der Waals surface area (Å²) < 4.78 is 0. The van der Waals surface area contributed by atoms with Crippen LogP contribution in [-0.2, 0) is 4.79 Å². The van der Waals surface area contributed by atoms with Crippen LogP contribution in [0.2, 0.25) is 0 Å². The second kappa shape index (κ2) is 6.95. The number of carbonyl (C=O) groups excluding carboxylic acids is 1. The minimum absolute atomic E-state index is 0.140. The van der Waals surface area contributed by atoms with Gasteiger partial charge in [-0.15, -0.1) is 0 Å². The summed E-state index contributed by atoms with van der Waals surface area (Å²) in [4.78, 5) is 24.2. The van der Waals surface area contributed by atoms with Gasteiger partial charge in [0.05, 0.1) is 0 Å². The molecule has 0 saturated heterocycles. The largest absolute Gasteiger partial charge is 0.480 e. The molecule has 0 spiro atoms. The number of carbonyl (C=O) groups is 2. The number of aliphatic carboxylic acids is 1. The van der Waals surface area contributed by atoms with Crippen molar-refractivity contribution in [2.75, 3.05) is 13.1 Å². The molecule has 2 N–H and O–H groups in total. The molecule has 2 aliphatic carbocycles. The molecule has 20 heavy (non-hydrogen) atoms. The van der Waals surface area contributed by atoms with E-state index >= 15 is 0 Å². The van der Waals surface area contributed by atoms with Gasteiger partial charge >= 0.3 is 12.0 Å². The number of rotatable bonds is 6. The average molecular weight is 282 g/mol. The summed E-state index contributed by atoms with van der Waals surface area (Å²) in [6, 6.07) is -0.0688. The zero-order valence-corrected chi connectivity index (χ0v) is 12.3. The maximum atomic E-state index is 12.0. The van der Waals surface area contributed by atoms with Crippen molar-refractivity contribution in [3.8, 4) is 0 Å². The van der Waals surface area contributed by atoms with Crippen LogP contribution in [0, 0.1) is 11.8 Å². The van der Waals surface area contributed by atoms with Crippen molar-refractivity contribution in [3.05, 3.63) is 0 Å². The monoisotopic (exact) mass is 282 g/mol. The Balaban J connectivity index is 1.67. The second-order valence-electron chi connectivity index (χ2n) is 6.40. The Morgan fingerprint density at radius 2 is 1.80 bits per heavy atom. The lowest BCUT2D eigenvalue weighted by Crippen LogP contribution is -2.44. The predicted molar refractivity (Wildman–Crippen MR) is 76.5 cm³/mol. The normalized spacial score (nSPS) is 26.1. The highest BCUT2D eigenvalue weighted by atomic mass is 16.4. The molecule has 0 aliphatic heterocycles. The van der Waals surface area contributed by atoms with Crippen LogP contribution in [0.1, 0.15) is 51.9 Å². The first-order valence-electron chi connectivity index (χ1n) is 7.82. The van der Waals surface area contributed by atoms with Gasteiger partial charge in [0, 0.05) is 12.6 Å². The summed E-state index contributed by atoms with van der Waals surface area (Å²) >= 11 is 0. The summed E-state index contributed by atoms with van der Waals surface area (Å²) in [5, 5.41) is 11.7. The van der Waals surface area contributed by atoms with E-state index in [1.54, 1.807) is 0 Å². The van der Waals surface area contributed by atoms with Crippen LogP contribution < -0.4 is 5.32 Å². The van der Waals surface area contributed by atoms with Crippen LogP contribution in [-0.4, -0.2) is 41.1 Å². The first-order chi connectivity index (χ1) is 9.56. The minimum Gasteiger partial charge on any atom is -0.480 e. The Kier molecular flexibility index (Phi) is 5.26. The van der Waals surface area contributed by atoms with Crippen molar-refractivity contribution in [1.82, 2.24) is 10.2 Å². The van der Waals surface area contributed by atoms with Crippen LogP contribution in [0.25, 0.3) is 0 Å². The molecular formula is C15H26N2O3. The predicted octanol–water partition coefficient (Wildman–Crippen LogP) is 2.46. The van der Waals surface area contributed by atoms with Gasteiger partial charge in [-0.1, -0.05) is 32.6 Å². The Morgan fingerprint density at radius 3 is 2.35 bits per heavy atom. The number of carboxylic acids is 1. The fourth-order valence-electron chi connectivity index (χ4n) is 3.00. The number of carboxylic acid groups (broad SMARTS) is 1. The van der Waals surface area contributed by atoms with E-state index in [4.69, 9.17) is 5.11 Å². The van der Waals surface area contributed by atoms with Gasteiger partial charge in [0.15, 0.2) is 0 Å². The van der Waals surface area contributed by atoms with E-state index in [0.717, 1.165) is 31.1 Å². The van der Waals surface area contributed by atoms with Gasteiger partial charge in [-0.25, -0.2) is 4.79 Å². The van der Waals surface area contributed by atoms with E-state index in [0.29, 0.717) is 6.54 Å². The molecule has 2 rings (SSSR count). The highest BCUT2D eigenvalue weighted by molar-refractivity contribution is 5.80. The molecule has 0 radical (unpaired) electrons. The van der Waals surface area contributed by atoms with Crippen LogP contribution >= 0.6 is 0 Å². The Labute approximate surface area is 120 Å². The highest BCUT2D eigenvalue weighted by Crippen LogP contribution is 2.30. The fraction of sp³-hybridized carbons (Fsp3) is 0.867. The third kappa shape index (κ3) is 4.69. The molecule has 5 nitrogen and oxygen atoms in total. The summed E-state index contributed by atoms with van der Waals surface area (Å²) in [6.07, 6.45) is 8.00. The molecule has 0 bridgehead atoms. The van der Waals surface area contributed by atoms with Crippen LogP contribution in [0.5, 0.6) is 0 Å². The summed E-state index contributed by atoms with van der Waals surface area (Å²) in [6.45, 7) is 2.79. The lowest BCUT2D eigenvalue weighted by atomic mass is 9.81. The number of urea groups is 1. The Bertz CT molecular complexity index is 347. The summed E-state index contributed by atoms with van der Waals surface area (Å²) in [5.74, 6) is 0.635. The third-order valence-electron chi connectivity index (χ3n) is 4.52. The number of nitrogens with one attached hydrogen (secondary N) is 1. The van der Waals surface area contributed by atoms with Crippen LogP contribution in [0.3, 0.4) is 0 Å². The van der Waals surface area contributed by atoms with Gasteiger partial charge < -0.3 is 15.3 Å². The standard InChI is InChI=1S/C15H26N2O3/c1-11-2-4-12(5-3-11)8-9-16-15(20)17(10-14(18)19)13-6-7-13/h11-13H,2-10H2,1H3,(H,16,20)(H,18,19). The van der Waals surface area contributed by atoms with Gasteiger partial charge in [-0.2, -0.15) is 0 Å². The third-order valence-corrected chi connectivity index (χ3v) is 4.52. The zero-order chi connectivity index (χ0) is 14.5.